The predicted octanol–water partition coefficient (Wildman–Crippen LogP) is 4.18. The standard InChI is InChI=1S/C27H23N3O8/c31-25(16-37-24-9-2-1-8-23(24)30(34)35)28-17-5-3-6-18(13-17)38-19-10-11-21-22(14-19)27(33)29(26(21)32)15-20-7-4-12-36-20/h1-3,5-6,8-11,13-14,20H,4,7,12,15-16H2,(H,28,31). The second kappa shape index (κ2) is 10.7. The van der Waals surface area contributed by atoms with Crippen molar-refractivity contribution in [3.63, 3.8) is 0 Å². The molecule has 0 radical (unpaired) electrons. The summed E-state index contributed by atoms with van der Waals surface area (Å²) in [7, 11) is 0. The number of benzene rings is 3. The number of carbonyl (C=O) groups excluding carboxylic acids is 3. The summed E-state index contributed by atoms with van der Waals surface area (Å²) in [4.78, 5) is 49.7. The molecular formula is C27H23N3O8. The van der Waals surface area contributed by atoms with Gasteiger partial charge < -0.3 is 19.5 Å². The third kappa shape index (κ3) is 5.32. The van der Waals surface area contributed by atoms with Gasteiger partial charge in [-0.1, -0.05) is 18.2 Å². The third-order valence-electron chi connectivity index (χ3n) is 6.13. The van der Waals surface area contributed by atoms with E-state index in [0.717, 1.165) is 12.8 Å². The highest BCUT2D eigenvalue weighted by Crippen LogP contribution is 2.31. The van der Waals surface area contributed by atoms with Crippen LogP contribution in [0.4, 0.5) is 11.4 Å². The van der Waals surface area contributed by atoms with E-state index in [0.29, 0.717) is 29.4 Å². The molecule has 2 aliphatic rings. The van der Waals surface area contributed by atoms with Gasteiger partial charge in [-0.2, -0.15) is 0 Å². The molecule has 0 aliphatic carbocycles. The van der Waals surface area contributed by atoms with Crippen molar-refractivity contribution in [2.45, 2.75) is 18.9 Å². The average Bonchev–Trinajstić information content (AvgIpc) is 3.51. The Bertz CT molecular complexity index is 1420. The number of carbonyl (C=O) groups is 3. The number of anilines is 1. The molecule has 0 aromatic heterocycles. The molecular weight excluding hydrogens is 494 g/mol. The van der Waals surface area contributed by atoms with E-state index in [4.69, 9.17) is 14.2 Å². The number of nitrogens with zero attached hydrogens (tertiary/aromatic N) is 2. The van der Waals surface area contributed by atoms with Crippen molar-refractivity contribution in [3.8, 4) is 17.2 Å². The first kappa shape index (κ1) is 24.9. The van der Waals surface area contributed by atoms with Gasteiger partial charge in [0.25, 0.3) is 17.7 Å². The van der Waals surface area contributed by atoms with Crippen LogP contribution < -0.4 is 14.8 Å². The third-order valence-corrected chi connectivity index (χ3v) is 6.13. The zero-order valence-electron chi connectivity index (χ0n) is 20.1. The van der Waals surface area contributed by atoms with Crippen LogP contribution in [0.15, 0.2) is 66.7 Å². The van der Waals surface area contributed by atoms with Crippen LogP contribution in [-0.4, -0.2) is 53.4 Å². The molecule has 1 unspecified atom stereocenters. The van der Waals surface area contributed by atoms with Crippen molar-refractivity contribution < 1.29 is 33.5 Å². The van der Waals surface area contributed by atoms with Gasteiger partial charge in [0.2, 0.25) is 0 Å². The molecule has 1 fully saturated rings. The summed E-state index contributed by atoms with van der Waals surface area (Å²) in [5.41, 5.74) is 0.760. The SMILES string of the molecule is O=C(COc1ccccc1[N+](=O)[O-])Nc1cccc(Oc2ccc3c(c2)C(=O)N(CC2CCCO2)C3=O)c1. The van der Waals surface area contributed by atoms with E-state index in [1.807, 2.05) is 0 Å². The highest BCUT2D eigenvalue weighted by molar-refractivity contribution is 6.21. The van der Waals surface area contributed by atoms with Crippen LogP contribution in [0.5, 0.6) is 17.2 Å². The normalized spacial score (nSPS) is 16.3. The van der Waals surface area contributed by atoms with Gasteiger partial charge in [-0.05, 0) is 49.2 Å². The van der Waals surface area contributed by atoms with Gasteiger partial charge in [0.1, 0.15) is 11.5 Å². The number of nitro groups is 1. The highest BCUT2D eigenvalue weighted by atomic mass is 16.6. The fraction of sp³-hybridized carbons (Fsp3) is 0.222. The number of amides is 3. The van der Waals surface area contributed by atoms with E-state index in [1.165, 1.54) is 29.2 Å². The number of hydrogen-bond donors (Lipinski definition) is 1. The van der Waals surface area contributed by atoms with Gasteiger partial charge in [-0.15, -0.1) is 0 Å². The van der Waals surface area contributed by atoms with E-state index >= 15 is 0 Å². The molecule has 0 bridgehead atoms. The maximum atomic E-state index is 12.9. The Hall–Kier alpha value is -4.77. The molecule has 5 rings (SSSR count). The van der Waals surface area contributed by atoms with Gasteiger partial charge in [-0.25, -0.2) is 0 Å². The van der Waals surface area contributed by atoms with E-state index in [9.17, 15) is 24.5 Å². The molecule has 3 aromatic carbocycles. The molecule has 0 spiro atoms. The lowest BCUT2D eigenvalue weighted by atomic mass is 10.1. The van der Waals surface area contributed by atoms with E-state index < -0.39 is 17.4 Å². The molecule has 3 amide bonds. The van der Waals surface area contributed by atoms with E-state index in [2.05, 4.69) is 5.32 Å². The molecule has 1 saturated heterocycles. The monoisotopic (exact) mass is 517 g/mol. The van der Waals surface area contributed by atoms with Crippen LogP contribution in [0.2, 0.25) is 0 Å². The van der Waals surface area contributed by atoms with Gasteiger partial charge in [0, 0.05) is 24.4 Å². The lowest BCUT2D eigenvalue weighted by molar-refractivity contribution is -0.385. The largest absolute Gasteiger partial charge is 0.477 e. The minimum atomic E-state index is -0.585. The van der Waals surface area contributed by atoms with Crippen LogP contribution in [-0.2, 0) is 9.53 Å². The Morgan fingerprint density at radius 2 is 1.82 bits per heavy atom. The van der Waals surface area contributed by atoms with Gasteiger partial charge in [0.05, 0.1) is 28.7 Å². The Kier molecular flexibility index (Phi) is 7.00. The lowest BCUT2D eigenvalue weighted by Crippen LogP contribution is -2.36. The zero-order chi connectivity index (χ0) is 26.6. The van der Waals surface area contributed by atoms with Crippen molar-refractivity contribution in [2.24, 2.45) is 0 Å². The number of nitro benzene ring substituents is 1. The number of fused-ring (bicyclic) bond motifs is 1. The minimum absolute atomic E-state index is 0.0105. The summed E-state index contributed by atoms with van der Waals surface area (Å²) in [5.74, 6) is -0.523. The van der Waals surface area contributed by atoms with Crippen molar-refractivity contribution in [2.75, 3.05) is 25.1 Å². The fourth-order valence-corrected chi connectivity index (χ4v) is 4.33. The maximum Gasteiger partial charge on any atom is 0.310 e. The number of para-hydroxylation sites is 2. The second-order valence-corrected chi connectivity index (χ2v) is 8.75. The molecule has 11 nitrogen and oxygen atoms in total. The van der Waals surface area contributed by atoms with Crippen LogP contribution in [0.25, 0.3) is 0 Å². The quantitative estimate of drug-likeness (QED) is 0.254. The van der Waals surface area contributed by atoms with Crippen molar-refractivity contribution >= 4 is 29.1 Å². The number of nitrogens with one attached hydrogen (secondary N) is 1. The molecule has 2 heterocycles. The molecule has 1 atom stereocenters. The molecule has 38 heavy (non-hydrogen) atoms. The summed E-state index contributed by atoms with van der Waals surface area (Å²) < 4.78 is 16.8. The number of hydrogen-bond acceptors (Lipinski definition) is 8. The molecule has 3 aromatic rings. The highest BCUT2D eigenvalue weighted by Gasteiger charge is 2.37. The summed E-state index contributed by atoms with van der Waals surface area (Å²) in [6.45, 7) is 0.429. The summed E-state index contributed by atoms with van der Waals surface area (Å²) >= 11 is 0. The average molecular weight is 517 g/mol. The molecule has 2 aliphatic heterocycles. The zero-order valence-corrected chi connectivity index (χ0v) is 20.1. The topological polar surface area (TPSA) is 137 Å². The van der Waals surface area contributed by atoms with Crippen molar-refractivity contribution in [1.29, 1.82) is 0 Å². The molecule has 11 heteroatoms. The van der Waals surface area contributed by atoms with Gasteiger partial charge >= 0.3 is 5.69 Å². The Labute approximate surface area is 217 Å². The smallest absolute Gasteiger partial charge is 0.310 e. The Morgan fingerprint density at radius 3 is 2.61 bits per heavy atom. The predicted molar refractivity (Wildman–Crippen MR) is 135 cm³/mol. The van der Waals surface area contributed by atoms with E-state index in [1.54, 1.807) is 42.5 Å². The van der Waals surface area contributed by atoms with Crippen LogP contribution in [0.3, 0.4) is 0 Å². The van der Waals surface area contributed by atoms with Crippen LogP contribution in [0, 0.1) is 10.1 Å². The Morgan fingerprint density at radius 1 is 1.03 bits per heavy atom. The summed E-state index contributed by atoms with van der Waals surface area (Å²) in [6.07, 6.45) is 1.58. The summed E-state index contributed by atoms with van der Waals surface area (Å²) in [6, 6.07) is 17.0. The molecule has 0 saturated carbocycles. The maximum absolute atomic E-state index is 12.9. The van der Waals surface area contributed by atoms with E-state index in [-0.39, 0.29) is 41.5 Å². The Balaban J connectivity index is 1.22. The van der Waals surface area contributed by atoms with Crippen molar-refractivity contribution in [3.05, 3.63) is 88.0 Å². The first-order valence-corrected chi connectivity index (χ1v) is 11.9. The fourth-order valence-electron chi connectivity index (χ4n) is 4.33. The van der Waals surface area contributed by atoms with Gasteiger partial charge in [0.15, 0.2) is 12.4 Å². The first-order valence-electron chi connectivity index (χ1n) is 11.9. The lowest BCUT2D eigenvalue weighted by Gasteiger charge is -2.17. The second-order valence-electron chi connectivity index (χ2n) is 8.75. The molecule has 194 valence electrons. The van der Waals surface area contributed by atoms with Crippen LogP contribution in [0.1, 0.15) is 33.6 Å². The van der Waals surface area contributed by atoms with Crippen LogP contribution >= 0.6 is 0 Å². The summed E-state index contributed by atoms with van der Waals surface area (Å²) in [5, 5.41) is 13.7. The first-order chi connectivity index (χ1) is 18.4. The van der Waals surface area contributed by atoms with Gasteiger partial charge in [-0.3, -0.25) is 29.4 Å². The molecule has 1 N–H and O–H groups in total. The van der Waals surface area contributed by atoms with Crippen molar-refractivity contribution in [1.82, 2.24) is 4.90 Å². The number of rotatable bonds is 9. The minimum Gasteiger partial charge on any atom is -0.477 e. The number of imide groups is 1. The number of ether oxygens (including phenoxy) is 3.